The van der Waals surface area contributed by atoms with Crippen molar-refractivity contribution in [1.82, 2.24) is 14.5 Å². The second kappa shape index (κ2) is 6.17. The zero-order chi connectivity index (χ0) is 14.7. The molecule has 2 rings (SSSR count). The van der Waals surface area contributed by atoms with Gasteiger partial charge in [-0.25, -0.2) is 0 Å². The summed E-state index contributed by atoms with van der Waals surface area (Å²) in [6.45, 7) is 4.56. The molecule has 1 atom stereocenters. The van der Waals surface area contributed by atoms with E-state index in [1.807, 2.05) is 13.8 Å². The maximum absolute atomic E-state index is 12.7. The highest BCUT2D eigenvalue weighted by atomic mass is 32.1. The Labute approximate surface area is 121 Å². The number of hydrogen-bond acceptors (Lipinski definition) is 6. The van der Waals surface area contributed by atoms with E-state index in [9.17, 15) is 4.79 Å². The first-order chi connectivity index (χ1) is 9.56. The van der Waals surface area contributed by atoms with E-state index in [1.165, 1.54) is 0 Å². The Morgan fingerprint density at radius 1 is 1.55 bits per heavy atom. The Morgan fingerprint density at radius 2 is 2.30 bits per heavy atom. The molecule has 20 heavy (non-hydrogen) atoms. The summed E-state index contributed by atoms with van der Waals surface area (Å²) >= 11 is 1.11. The van der Waals surface area contributed by atoms with E-state index in [0.717, 1.165) is 24.4 Å². The number of nitrogens with zero attached hydrogens (tertiary/aromatic N) is 4. The molecule has 1 aromatic rings. The molecule has 7 nitrogen and oxygen atoms in total. The predicted molar refractivity (Wildman–Crippen MR) is 76.1 cm³/mol. The summed E-state index contributed by atoms with van der Waals surface area (Å²) in [7, 11) is 0. The van der Waals surface area contributed by atoms with Gasteiger partial charge in [0.15, 0.2) is 5.84 Å². The average Bonchev–Trinajstić information content (AvgIpc) is 2.95. The topological polar surface area (TPSA) is 105 Å². The van der Waals surface area contributed by atoms with Crippen LogP contribution < -0.4 is 5.73 Å². The molecule has 1 amide bonds. The molecule has 1 aliphatic heterocycles. The summed E-state index contributed by atoms with van der Waals surface area (Å²) in [5.41, 5.74) is 6.42. The highest BCUT2D eigenvalue weighted by Gasteiger charge is 2.33. The van der Waals surface area contributed by atoms with Crippen LogP contribution in [0.2, 0.25) is 0 Å². The quantitative estimate of drug-likeness (QED) is 0.380. The Kier molecular flexibility index (Phi) is 4.53. The monoisotopic (exact) mass is 297 g/mol. The summed E-state index contributed by atoms with van der Waals surface area (Å²) < 4.78 is 3.88. The Hall–Kier alpha value is -1.70. The third kappa shape index (κ3) is 2.74. The molecule has 0 aliphatic carbocycles. The molecule has 8 heteroatoms. The van der Waals surface area contributed by atoms with Crippen LogP contribution in [0.1, 0.15) is 54.4 Å². The fourth-order valence-corrected chi connectivity index (χ4v) is 3.18. The lowest BCUT2D eigenvalue weighted by Gasteiger charge is -2.34. The van der Waals surface area contributed by atoms with Crippen LogP contribution in [0.5, 0.6) is 0 Å². The van der Waals surface area contributed by atoms with Crippen molar-refractivity contribution in [3.8, 4) is 0 Å². The third-order valence-electron chi connectivity index (χ3n) is 3.47. The predicted octanol–water partition coefficient (Wildman–Crippen LogP) is 1.40. The number of amidine groups is 1. The second-order valence-electron chi connectivity index (χ2n) is 5.18. The van der Waals surface area contributed by atoms with E-state index in [2.05, 4.69) is 14.7 Å². The number of likely N-dealkylation sites (tertiary alicyclic amines) is 1. The Bertz CT molecular complexity index is 514. The second-order valence-corrected chi connectivity index (χ2v) is 5.93. The first-order valence-electron chi connectivity index (χ1n) is 6.67. The molecule has 2 heterocycles. The molecule has 1 saturated heterocycles. The van der Waals surface area contributed by atoms with E-state index in [4.69, 9.17) is 10.9 Å². The highest BCUT2D eigenvalue weighted by molar-refractivity contribution is 7.08. The van der Waals surface area contributed by atoms with Crippen molar-refractivity contribution >= 4 is 23.3 Å². The maximum Gasteiger partial charge on any atom is 0.268 e. The van der Waals surface area contributed by atoms with Crippen LogP contribution in [-0.2, 0) is 0 Å². The van der Waals surface area contributed by atoms with Crippen LogP contribution in [0.4, 0.5) is 0 Å². The summed E-state index contributed by atoms with van der Waals surface area (Å²) in [6.07, 6.45) is 2.59. The number of nitrogens with two attached hydrogens (primary N) is 1. The van der Waals surface area contributed by atoms with Gasteiger partial charge in [-0.2, -0.15) is 0 Å². The minimum absolute atomic E-state index is 0.0848. The van der Waals surface area contributed by atoms with Crippen LogP contribution in [0.25, 0.3) is 0 Å². The van der Waals surface area contributed by atoms with Crippen molar-refractivity contribution in [2.75, 3.05) is 6.54 Å². The molecule has 1 unspecified atom stereocenters. The van der Waals surface area contributed by atoms with Crippen LogP contribution in [-0.4, -0.2) is 44.0 Å². The third-order valence-corrected chi connectivity index (χ3v) is 4.20. The van der Waals surface area contributed by atoms with Gasteiger partial charge in [-0.05, 0) is 36.7 Å². The van der Waals surface area contributed by atoms with Crippen molar-refractivity contribution in [1.29, 1.82) is 0 Å². The van der Waals surface area contributed by atoms with Crippen molar-refractivity contribution in [3.05, 3.63) is 10.6 Å². The largest absolute Gasteiger partial charge is 0.409 e. The van der Waals surface area contributed by atoms with Crippen LogP contribution >= 0.6 is 11.5 Å². The lowest BCUT2D eigenvalue weighted by atomic mass is 10.0. The molecule has 0 radical (unpaired) electrons. The van der Waals surface area contributed by atoms with Crippen molar-refractivity contribution < 1.29 is 10.0 Å². The number of carbonyl (C=O) groups is 1. The van der Waals surface area contributed by atoms with Gasteiger partial charge in [-0.3, -0.25) is 4.79 Å². The molecule has 1 aliphatic rings. The minimum Gasteiger partial charge on any atom is -0.409 e. The van der Waals surface area contributed by atoms with Crippen molar-refractivity contribution in [3.63, 3.8) is 0 Å². The normalized spacial score (nSPS) is 20.4. The average molecular weight is 297 g/mol. The van der Waals surface area contributed by atoms with E-state index >= 15 is 0 Å². The molecular formula is C12H19N5O2S. The van der Waals surface area contributed by atoms with E-state index in [0.29, 0.717) is 23.5 Å². The molecule has 1 fully saturated rings. The molecule has 3 N–H and O–H groups in total. The number of aromatic nitrogens is 2. The van der Waals surface area contributed by atoms with Gasteiger partial charge in [0.2, 0.25) is 0 Å². The zero-order valence-corrected chi connectivity index (χ0v) is 12.4. The molecule has 0 spiro atoms. The summed E-state index contributed by atoms with van der Waals surface area (Å²) in [6, 6.07) is -0.344. The van der Waals surface area contributed by atoms with Gasteiger partial charge in [-0.15, -0.1) is 5.10 Å². The summed E-state index contributed by atoms with van der Waals surface area (Å²) in [4.78, 5) is 14.9. The van der Waals surface area contributed by atoms with Gasteiger partial charge >= 0.3 is 0 Å². The van der Waals surface area contributed by atoms with E-state index < -0.39 is 0 Å². The fraction of sp³-hybridized carbons (Fsp3) is 0.667. The van der Waals surface area contributed by atoms with Crippen LogP contribution in [0, 0.1) is 0 Å². The number of rotatable bonds is 3. The molecule has 110 valence electrons. The number of carbonyl (C=O) groups excluding carboxylic acids is 1. The first-order valence-corrected chi connectivity index (χ1v) is 7.44. The SMILES string of the molecule is CC(C)c1nnsc1C(=O)N1CCCCC1C(N)=NO. The standard InChI is InChI=1S/C12H19N5O2S/c1-7(2)9-10(20-16-14-9)12(18)17-6-4-3-5-8(17)11(13)15-19/h7-8,19H,3-6H2,1-2H3,(H2,13,15). The van der Waals surface area contributed by atoms with Gasteiger partial charge in [0.25, 0.3) is 5.91 Å². The summed E-state index contributed by atoms with van der Waals surface area (Å²) in [5, 5.41) is 16.0. The van der Waals surface area contributed by atoms with E-state index in [1.54, 1.807) is 4.90 Å². The molecule has 0 saturated carbocycles. The molecule has 1 aromatic heterocycles. The fourth-order valence-electron chi connectivity index (χ4n) is 2.40. The van der Waals surface area contributed by atoms with Gasteiger partial charge < -0.3 is 15.8 Å². The van der Waals surface area contributed by atoms with Crippen molar-refractivity contribution in [2.45, 2.75) is 45.1 Å². The Balaban J connectivity index is 2.28. The van der Waals surface area contributed by atoms with Gasteiger partial charge in [0.05, 0.1) is 11.7 Å². The molecular weight excluding hydrogens is 278 g/mol. The lowest BCUT2D eigenvalue weighted by molar-refractivity contribution is 0.0680. The smallest absolute Gasteiger partial charge is 0.268 e. The van der Waals surface area contributed by atoms with Crippen molar-refractivity contribution in [2.24, 2.45) is 10.9 Å². The van der Waals surface area contributed by atoms with Gasteiger partial charge in [0.1, 0.15) is 4.88 Å². The molecule has 0 bridgehead atoms. The molecule has 0 aromatic carbocycles. The van der Waals surface area contributed by atoms with E-state index in [-0.39, 0.29) is 23.7 Å². The summed E-state index contributed by atoms with van der Waals surface area (Å²) in [5.74, 6) is 0.0985. The Morgan fingerprint density at radius 3 is 2.95 bits per heavy atom. The minimum atomic E-state index is -0.344. The first kappa shape index (κ1) is 14.7. The lowest BCUT2D eigenvalue weighted by Crippen LogP contribution is -2.50. The zero-order valence-electron chi connectivity index (χ0n) is 11.6. The number of hydrogen-bond donors (Lipinski definition) is 2. The van der Waals surface area contributed by atoms with Gasteiger partial charge in [-0.1, -0.05) is 23.5 Å². The van der Waals surface area contributed by atoms with Crippen LogP contribution in [0.15, 0.2) is 5.16 Å². The highest BCUT2D eigenvalue weighted by Crippen LogP contribution is 2.25. The number of piperidine rings is 1. The number of oxime groups is 1. The van der Waals surface area contributed by atoms with Gasteiger partial charge in [0, 0.05) is 6.54 Å². The number of amides is 1. The maximum atomic E-state index is 12.7. The van der Waals surface area contributed by atoms with Crippen LogP contribution in [0.3, 0.4) is 0 Å².